The minimum Gasteiger partial charge on any atom is -0.347 e. The van der Waals surface area contributed by atoms with E-state index in [0.29, 0.717) is 11.9 Å². The first-order chi connectivity index (χ1) is 6.51. The lowest BCUT2D eigenvalue weighted by Gasteiger charge is -2.15. The van der Waals surface area contributed by atoms with E-state index in [1.54, 1.807) is 0 Å². The van der Waals surface area contributed by atoms with Crippen LogP contribution in [0.25, 0.3) is 0 Å². The summed E-state index contributed by atoms with van der Waals surface area (Å²) >= 11 is 0. The van der Waals surface area contributed by atoms with Crippen LogP contribution in [0, 0.1) is 0 Å². The number of alkyl halides is 3. The molecule has 1 aliphatic heterocycles. The van der Waals surface area contributed by atoms with Crippen LogP contribution in [-0.4, -0.2) is 31.5 Å². The van der Waals surface area contributed by atoms with Gasteiger partial charge >= 0.3 is 6.18 Å². The third kappa shape index (κ3) is 3.69. The number of ether oxygens (including phenoxy) is 1. The number of nitrogens with zero attached hydrogens (tertiary/aromatic N) is 1. The smallest absolute Gasteiger partial charge is 0.347 e. The van der Waals surface area contributed by atoms with Crippen LogP contribution in [0.3, 0.4) is 0 Å². The van der Waals surface area contributed by atoms with Gasteiger partial charge in [0.2, 0.25) is 0 Å². The lowest BCUT2D eigenvalue weighted by atomic mass is 10.2. The van der Waals surface area contributed by atoms with Crippen molar-refractivity contribution in [3.8, 4) is 0 Å². The Kier molecular flexibility index (Phi) is 3.40. The number of hydrogen-bond donors (Lipinski definition) is 0. The van der Waals surface area contributed by atoms with E-state index in [0.717, 1.165) is 0 Å². The Morgan fingerprint density at radius 1 is 1.64 bits per heavy atom. The highest BCUT2D eigenvalue weighted by molar-refractivity contribution is 6.02. The predicted molar refractivity (Wildman–Crippen MR) is 43.1 cm³/mol. The van der Waals surface area contributed by atoms with Crippen LogP contribution in [0.1, 0.15) is 6.42 Å². The molecule has 0 aromatic rings. The molecule has 1 aliphatic rings. The van der Waals surface area contributed by atoms with Crippen LogP contribution in [-0.2, 0) is 9.53 Å². The highest BCUT2D eigenvalue weighted by Gasteiger charge is 2.29. The second-order valence-corrected chi connectivity index (χ2v) is 2.72. The maximum absolute atomic E-state index is 11.7. The van der Waals surface area contributed by atoms with E-state index in [2.05, 4.69) is 9.73 Å². The number of hydrogen-bond acceptors (Lipinski definition) is 3. The van der Waals surface area contributed by atoms with Crippen LogP contribution in [0.15, 0.2) is 16.6 Å². The molecule has 0 aromatic carbocycles. The quantitative estimate of drug-likeness (QED) is 0.657. The summed E-state index contributed by atoms with van der Waals surface area (Å²) in [6.45, 7) is -1.32. The molecule has 0 bridgehead atoms. The van der Waals surface area contributed by atoms with Crippen molar-refractivity contribution >= 4 is 12.5 Å². The average Bonchev–Trinajstić information content (AvgIpc) is 2.14. The van der Waals surface area contributed by atoms with Gasteiger partial charge in [-0.15, -0.1) is 0 Å². The third-order valence-electron chi connectivity index (χ3n) is 1.52. The van der Waals surface area contributed by atoms with Gasteiger partial charge in [-0.05, 0) is 0 Å². The molecule has 0 saturated heterocycles. The molecule has 0 N–H and O–H groups in total. The second kappa shape index (κ2) is 4.36. The largest absolute Gasteiger partial charge is 0.411 e. The molecule has 0 fully saturated rings. The molecule has 0 aliphatic carbocycles. The van der Waals surface area contributed by atoms with Crippen molar-refractivity contribution in [2.75, 3.05) is 6.61 Å². The number of halogens is 3. The zero-order valence-electron chi connectivity index (χ0n) is 7.12. The Balaban J connectivity index is 2.35. The van der Waals surface area contributed by atoms with Crippen molar-refractivity contribution in [1.82, 2.24) is 0 Å². The standard InChI is InChI=1S/C8H8F3NO2/c9-8(10,11)5-14-7-2-1-6(4-13)3-12-7/h1,3-4,7H,2,5H2. The second-order valence-electron chi connectivity index (χ2n) is 2.72. The zero-order valence-corrected chi connectivity index (χ0v) is 7.12. The Morgan fingerprint density at radius 3 is 2.79 bits per heavy atom. The van der Waals surface area contributed by atoms with Crippen LogP contribution >= 0.6 is 0 Å². The van der Waals surface area contributed by atoms with Gasteiger partial charge in [0, 0.05) is 18.2 Å². The van der Waals surface area contributed by atoms with Gasteiger partial charge in [-0.25, -0.2) is 0 Å². The van der Waals surface area contributed by atoms with Crippen molar-refractivity contribution in [2.24, 2.45) is 4.99 Å². The Hall–Kier alpha value is -1.17. The first kappa shape index (κ1) is 10.9. The van der Waals surface area contributed by atoms with E-state index in [-0.39, 0.29) is 6.42 Å². The molecule has 0 saturated carbocycles. The summed E-state index contributed by atoms with van der Waals surface area (Å²) in [5, 5.41) is 0. The van der Waals surface area contributed by atoms with E-state index in [9.17, 15) is 18.0 Å². The van der Waals surface area contributed by atoms with Crippen LogP contribution in [0.2, 0.25) is 0 Å². The van der Waals surface area contributed by atoms with Crippen LogP contribution in [0.4, 0.5) is 13.2 Å². The molecule has 1 unspecified atom stereocenters. The Labute approximate surface area is 78.3 Å². The molecule has 78 valence electrons. The van der Waals surface area contributed by atoms with Gasteiger partial charge in [-0.3, -0.25) is 9.79 Å². The fraction of sp³-hybridized carbons (Fsp3) is 0.500. The molecule has 1 atom stereocenters. The van der Waals surface area contributed by atoms with Gasteiger partial charge in [0.05, 0.1) is 0 Å². The van der Waals surface area contributed by atoms with Gasteiger partial charge in [0.25, 0.3) is 0 Å². The molecule has 1 heterocycles. The molecule has 3 nitrogen and oxygen atoms in total. The van der Waals surface area contributed by atoms with Crippen molar-refractivity contribution in [1.29, 1.82) is 0 Å². The SMILES string of the molecule is O=CC1=CCC(OCC(F)(F)F)N=C1. The van der Waals surface area contributed by atoms with Gasteiger partial charge in [0.1, 0.15) is 6.61 Å². The molecule has 0 spiro atoms. The minimum atomic E-state index is -4.34. The van der Waals surface area contributed by atoms with E-state index in [1.165, 1.54) is 12.3 Å². The number of aldehydes is 1. The van der Waals surface area contributed by atoms with Gasteiger partial charge in [-0.1, -0.05) is 6.08 Å². The summed E-state index contributed by atoms with van der Waals surface area (Å²) < 4.78 is 39.6. The molecular formula is C8H8F3NO2. The normalized spacial score (nSPS) is 21.9. The Morgan fingerprint density at radius 2 is 2.36 bits per heavy atom. The van der Waals surface area contributed by atoms with Crippen molar-refractivity contribution in [3.05, 3.63) is 11.6 Å². The average molecular weight is 207 g/mol. The molecule has 6 heteroatoms. The fourth-order valence-corrected chi connectivity index (χ4v) is 0.900. The summed E-state index contributed by atoms with van der Waals surface area (Å²) in [4.78, 5) is 13.8. The first-order valence-corrected chi connectivity index (χ1v) is 3.88. The molecular weight excluding hydrogens is 199 g/mol. The van der Waals surface area contributed by atoms with Crippen LogP contribution in [0.5, 0.6) is 0 Å². The van der Waals surface area contributed by atoms with E-state index in [1.807, 2.05) is 0 Å². The van der Waals surface area contributed by atoms with Gasteiger partial charge in [0.15, 0.2) is 12.5 Å². The number of dihydropyridines is 1. The third-order valence-corrected chi connectivity index (χ3v) is 1.52. The van der Waals surface area contributed by atoms with E-state index >= 15 is 0 Å². The molecule has 0 aromatic heterocycles. The maximum atomic E-state index is 11.7. The van der Waals surface area contributed by atoms with Crippen molar-refractivity contribution < 1.29 is 22.7 Å². The molecule has 0 radical (unpaired) electrons. The number of allylic oxidation sites excluding steroid dienone is 1. The van der Waals surface area contributed by atoms with Gasteiger partial charge in [-0.2, -0.15) is 13.2 Å². The summed E-state index contributed by atoms with van der Waals surface area (Å²) in [6, 6.07) is 0. The maximum Gasteiger partial charge on any atom is 0.411 e. The lowest BCUT2D eigenvalue weighted by Crippen LogP contribution is -2.23. The monoisotopic (exact) mass is 207 g/mol. The number of carbonyl (C=O) groups is 1. The number of rotatable bonds is 3. The van der Waals surface area contributed by atoms with E-state index in [4.69, 9.17) is 0 Å². The molecule has 0 amide bonds. The molecule has 14 heavy (non-hydrogen) atoms. The number of aliphatic imine (C=N–C) groups is 1. The first-order valence-electron chi connectivity index (χ1n) is 3.88. The highest BCUT2D eigenvalue weighted by Crippen LogP contribution is 2.17. The summed E-state index contributed by atoms with van der Waals surface area (Å²) in [5.41, 5.74) is 0.358. The molecule has 1 rings (SSSR count). The summed E-state index contributed by atoms with van der Waals surface area (Å²) in [6.07, 6.45) is -1.70. The topological polar surface area (TPSA) is 38.7 Å². The zero-order chi connectivity index (χ0) is 10.6. The predicted octanol–water partition coefficient (Wildman–Crippen LogP) is 1.49. The highest BCUT2D eigenvalue weighted by atomic mass is 19.4. The van der Waals surface area contributed by atoms with E-state index < -0.39 is 19.0 Å². The summed E-state index contributed by atoms with van der Waals surface area (Å²) in [5.74, 6) is 0. The van der Waals surface area contributed by atoms with Crippen molar-refractivity contribution in [2.45, 2.75) is 18.8 Å². The van der Waals surface area contributed by atoms with Crippen molar-refractivity contribution in [3.63, 3.8) is 0 Å². The fourth-order valence-electron chi connectivity index (χ4n) is 0.900. The lowest BCUT2D eigenvalue weighted by molar-refractivity contribution is -0.184. The minimum absolute atomic E-state index is 0.195. The number of carbonyl (C=O) groups excluding carboxylic acids is 1. The van der Waals surface area contributed by atoms with Crippen LogP contribution < -0.4 is 0 Å². The van der Waals surface area contributed by atoms with Gasteiger partial charge < -0.3 is 4.74 Å². The summed E-state index contributed by atoms with van der Waals surface area (Å²) in [7, 11) is 0. The Bertz CT molecular complexity index is 270.